The third-order valence-corrected chi connectivity index (χ3v) is 7.02. The number of piperidine rings is 1. The van der Waals surface area contributed by atoms with E-state index in [1.54, 1.807) is 6.92 Å². The number of ether oxygens (including phenoxy) is 1. The van der Waals surface area contributed by atoms with Crippen molar-refractivity contribution in [3.63, 3.8) is 0 Å². The van der Waals surface area contributed by atoms with Gasteiger partial charge in [0.05, 0.1) is 12.5 Å². The molecule has 25 heavy (non-hydrogen) atoms. The predicted octanol–water partition coefficient (Wildman–Crippen LogP) is 2.17. The lowest BCUT2D eigenvalue weighted by atomic mass is 9.98. The highest BCUT2D eigenvalue weighted by atomic mass is 32.2. The zero-order chi connectivity index (χ0) is 17.9. The molecular formula is C16H19N3O4S2. The van der Waals surface area contributed by atoms with Crippen LogP contribution in [0, 0.1) is 5.92 Å². The van der Waals surface area contributed by atoms with Gasteiger partial charge < -0.3 is 4.74 Å². The zero-order valence-electron chi connectivity index (χ0n) is 13.8. The molecule has 0 spiro atoms. The van der Waals surface area contributed by atoms with Gasteiger partial charge in [-0.15, -0.1) is 0 Å². The summed E-state index contributed by atoms with van der Waals surface area (Å²) in [6.07, 6.45) is 0.921. The Morgan fingerprint density at radius 3 is 2.60 bits per heavy atom. The summed E-state index contributed by atoms with van der Waals surface area (Å²) in [5.41, 5.74) is 0.779. The number of benzene rings is 1. The highest BCUT2D eigenvalue weighted by Gasteiger charge is 2.34. The molecule has 2 heterocycles. The second-order valence-corrected chi connectivity index (χ2v) is 8.54. The van der Waals surface area contributed by atoms with E-state index in [2.05, 4.69) is 9.36 Å². The summed E-state index contributed by atoms with van der Waals surface area (Å²) in [6.45, 7) is 2.67. The topological polar surface area (TPSA) is 89.5 Å². The Morgan fingerprint density at radius 2 is 1.96 bits per heavy atom. The minimum Gasteiger partial charge on any atom is -0.466 e. The Kier molecular flexibility index (Phi) is 5.45. The van der Waals surface area contributed by atoms with Crippen LogP contribution in [0.5, 0.6) is 0 Å². The maximum absolute atomic E-state index is 12.8. The van der Waals surface area contributed by atoms with E-state index >= 15 is 0 Å². The van der Waals surface area contributed by atoms with Crippen molar-refractivity contribution < 1.29 is 17.9 Å². The first kappa shape index (κ1) is 18.0. The predicted molar refractivity (Wildman–Crippen MR) is 93.5 cm³/mol. The van der Waals surface area contributed by atoms with Gasteiger partial charge in [0.25, 0.3) is 10.0 Å². The van der Waals surface area contributed by atoms with Gasteiger partial charge in [-0.1, -0.05) is 30.3 Å². The summed E-state index contributed by atoms with van der Waals surface area (Å²) in [5, 5.41) is 0. The minimum atomic E-state index is -3.68. The number of hydrogen-bond acceptors (Lipinski definition) is 7. The fourth-order valence-electron chi connectivity index (χ4n) is 2.72. The second kappa shape index (κ2) is 7.59. The number of sulfonamides is 1. The highest BCUT2D eigenvalue weighted by Crippen LogP contribution is 2.27. The maximum atomic E-state index is 12.8. The van der Waals surface area contributed by atoms with Crippen LogP contribution in [-0.2, 0) is 19.6 Å². The average molecular weight is 381 g/mol. The van der Waals surface area contributed by atoms with Crippen molar-refractivity contribution in [2.24, 2.45) is 5.92 Å². The summed E-state index contributed by atoms with van der Waals surface area (Å²) in [7, 11) is -3.68. The van der Waals surface area contributed by atoms with Crippen LogP contribution >= 0.6 is 11.5 Å². The van der Waals surface area contributed by atoms with Gasteiger partial charge in [-0.2, -0.15) is 8.68 Å². The number of hydrogen-bond donors (Lipinski definition) is 0. The molecule has 0 saturated carbocycles. The fourth-order valence-corrected chi connectivity index (χ4v) is 5.08. The summed E-state index contributed by atoms with van der Waals surface area (Å²) in [6, 6.07) is 9.25. The average Bonchev–Trinajstić information content (AvgIpc) is 3.14. The van der Waals surface area contributed by atoms with Crippen LogP contribution in [0.15, 0.2) is 34.7 Å². The summed E-state index contributed by atoms with van der Waals surface area (Å²) in [4.78, 5) is 16.0. The Morgan fingerprint density at radius 1 is 1.28 bits per heavy atom. The molecule has 134 valence electrons. The van der Waals surface area contributed by atoms with E-state index in [1.807, 2.05) is 30.3 Å². The van der Waals surface area contributed by atoms with Crippen molar-refractivity contribution in [1.29, 1.82) is 0 Å². The van der Waals surface area contributed by atoms with E-state index in [4.69, 9.17) is 4.74 Å². The monoisotopic (exact) mass is 381 g/mol. The van der Waals surface area contributed by atoms with Crippen molar-refractivity contribution in [2.45, 2.75) is 24.1 Å². The molecule has 2 aromatic rings. The molecule has 1 saturated heterocycles. The molecule has 1 aliphatic rings. The van der Waals surface area contributed by atoms with Gasteiger partial charge in [-0.25, -0.2) is 13.4 Å². The first-order valence-corrected chi connectivity index (χ1v) is 10.3. The van der Waals surface area contributed by atoms with Gasteiger partial charge in [0.2, 0.25) is 4.34 Å². The van der Waals surface area contributed by atoms with Crippen molar-refractivity contribution >= 4 is 27.5 Å². The van der Waals surface area contributed by atoms with Gasteiger partial charge in [-0.05, 0) is 31.3 Å². The number of carbonyl (C=O) groups is 1. The van der Waals surface area contributed by atoms with Crippen LogP contribution in [0.25, 0.3) is 11.4 Å². The van der Waals surface area contributed by atoms with Gasteiger partial charge in [-0.3, -0.25) is 4.79 Å². The maximum Gasteiger partial charge on any atom is 0.309 e. The third-order valence-electron chi connectivity index (χ3n) is 4.07. The van der Waals surface area contributed by atoms with E-state index in [-0.39, 0.29) is 29.3 Å². The van der Waals surface area contributed by atoms with E-state index in [1.165, 1.54) is 4.31 Å². The Labute approximate surface area is 150 Å². The largest absolute Gasteiger partial charge is 0.466 e. The molecule has 0 bridgehead atoms. The zero-order valence-corrected chi connectivity index (χ0v) is 15.4. The fraction of sp³-hybridized carbons (Fsp3) is 0.438. The molecule has 0 N–H and O–H groups in total. The standard InChI is InChI=1S/C16H19N3O4S2/c1-2-23-15(20)13-8-10-19(11-9-13)25(21,22)16-17-14(18-24-16)12-6-4-3-5-7-12/h3-7,13H,2,8-11H2,1H3. The second-order valence-electron chi connectivity index (χ2n) is 5.68. The lowest BCUT2D eigenvalue weighted by Gasteiger charge is -2.29. The molecule has 0 radical (unpaired) electrons. The van der Waals surface area contributed by atoms with Crippen LogP contribution in [0.1, 0.15) is 19.8 Å². The number of carbonyl (C=O) groups excluding carboxylic acids is 1. The Bertz CT molecular complexity index is 828. The number of rotatable bonds is 5. The third kappa shape index (κ3) is 3.88. The highest BCUT2D eigenvalue weighted by molar-refractivity contribution is 7.91. The first-order chi connectivity index (χ1) is 12.0. The van der Waals surface area contributed by atoms with Crippen LogP contribution < -0.4 is 0 Å². The Hall–Kier alpha value is -1.84. The number of aromatic nitrogens is 2. The normalized spacial score (nSPS) is 16.7. The lowest BCUT2D eigenvalue weighted by molar-refractivity contribution is -0.149. The molecule has 7 nitrogen and oxygen atoms in total. The van der Waals surface area contributed by atoms with Crippen LogP contribution in [0.2, 0.25) is 0 Å². The van der Waals surface area contributed by atoms with Crippen LogP contribution in [0.4, 0.5) is 0 Å². The van der Waals surface area contributed by atoms with Crippen molar-refractivity contribution in [3.05, 3.63) is 30.3 Å². The first-order valence-electron chi connectivity index (χ1n) is 8.08. The quantitative estimate of drug-likeness (QED) is 0.738. The van der Waals surface area contributed by atoms with Gasteiger partial charge >= 0.3 is 5.97 Å². The van der Waals surface area contributed by atoms with E-state index in [9.17, 15) is 13.2 Å². The lowest BCUT2D eigenvalue weighted by Crippen LogP contribution is -2.40. The molecule has 1 aliphatic heterocycles. The summed E-state index contributed by atoms with van der Waals surface area (Å²) < 4.78 is 36.0. The Balaban J connectivity index is 1.71. The molecule has 1 aromatic carbocycles. The summed E-state index contributed by atoms with van der Waals surface area (Å²) >= 11 is 0.878. The SMILES string of the molecule is CCOC(=O)C1CCN(S(=O)(=O)c2nc(-c3ccccc3)ns2)CC1. The molecule has 0 unspecified atom stereocenters. The van der Waals surface area contributed by atoms with Gasteiger partial charge in [0.15, 0.2) is 5.82 Å². The van der Waals surface area contributed by atoms with Gasteiger partial charge in [0, 0.05) is 18.7 Å². The molecule has 3 rings (SSSR count). The van der Waals surface area contributed by atoms with Crippen molar-refractivity contribution in [3.8, 4) is 11.4 Å². The molecule has 1 fully saturated rings. The van der Waals surface area contributed by atoms with Gasteiger partial charge in [0.1, 0.15) is 0 Å². The van der Waals surface area contributed by atoms with Crippen LogP contribution in [0.3, 0.4) is 0 Å². The molecule has 0 amide bonds. The van der Waals surface area contributed by atoms with E-state index in [0.29, 0.717) is 25.3 Å². The number of esters is 1. The van der Waals surface area contributed by atoms with Crippen molar-refractivity contribution in [2.75, 3.05) is 19.7 Å². The molecule has 1 aromatic heterocycles. The molecular weight excluding hydrogens is 362 g/mol. The minimum absolute atomic E-state index is 0.0130. The summed E-state index contributed by atoms with van der Waals surface area (Å²) in [5.74, 6) is -0.0758. The smallest absolute Gasteiger partial charge is 0.309 e. The van der Waals surface area contributed by atoms with E-state index in [0.717, 1.165) is 17.1 Å². The molecule has 9 heteroatoms. The molecule has 0 atom stereocenters. The van der Waals surface area contributed by atoms with E-state index < -0.39 is 10.0 Å². The van der Waals surface area contributed by atoms with Crippen LogP contribution in [-0.4, -0.2) is 47.7 Å². The molecule has 0 aliphatic carbocycles. The van der Waals surface area contributed by atoms with Crippen molar-refractivity contribution in [1.82, 2.24) is 13.7 Å². The number of nitrogens with zero attached hydrogens (tertiary/aromatic N) is 3.